The van der Waals surface area contributed by atoms with Crippen molar-refractivity contribution >= 4 is 35.4 Å². The molecule has 0 aliphatic heterocycles. The SMILES string of the molecule is CCOC(=O)NC(=O)COC(=O)c1ccccc1C(=O)c1ccc(Cl)cc1. The van der Waals surface area contributed by atoms with Crippen LogP contribution in [0.3, 0.4) is 0 Å². The highest BCUT2D eigenvalue weighted by molar-refractivity contribution is 6.30. The van der Waals surface area contributed by atoms with Gasteiger partial charge in [0, 0.05) is 16.1 Å². The Hall–Kier alpha value is -3.19. The molecule has 0 heterocycles. The van der Waals surface area contributed by atoms with E-state index in [-0.39, 0.29) is 17.7 Å². The average Bonchev–Trinajstić information content (AvgIpc) is 2.66. The largest absolute Gasteiger partial charge is 0.452 e. The van der Waals surface area contributed by atoms with Crippen LogP contribution in [0, 0.1) is 0 Å². The van der Waals surface area contributed by atoms with Gasteiger partial charge < -0.3 is 9.47 Å². The molecule has 0 radical (unpaired) electrons. The summed E-state index contributed by atoms with van der Waals surface area (Å²) in [5.74, 6) is -2.11. The zero-order chi connectivity index (χ0) is 19.8. The highest BCUT2D eigenvalue weighted by atomic mass is 35.5. The monoisotopic (exact) mass is 389 g/mol. The van der Waals surface area contributed by atoms with E-state index in [1.165, 1.54) is 12.1 Å². The standard InChI is InChI=1S/C19H16ClNO6/c1-2-26-19(25)21-16(22)11-27-18(24)15-6-4-3-5-14(15)17(23)12-7-9-13(20)10-8-12/h3-10H,2,11H2,1H3,(H,21,22,25). The number of amides is 2. The molecule has 0 unspecified atom stereocenters. The molecule has 140 valence electrons. The number of esters is 1. The Morgan fingerprint density at radius 1 is 0.926 bits per heavy atom. The molecule has 0 saturated carbocycles. The van der Waals surface area contributed by atoms with Crippen LogP contribution in [-0.2, 0) is 14.3 Å². The number of nitrogens with one attached hydrogen (secondary N) is 1. The number of halogens is 1. The second kappa shape index (κ2) is 9.49. The first-order valence-corrected chi connectivity index (χ1v) is 8.33. The second-order valence-electron chi connectivity index (χ2n) is 5.23. The van der Waals surface area contributed by atoms with Gasteiger partial charge in [-0.15, -0.1) is 0 Å². The van der Waals surface area contributed by atoms with Gasteiger partial charge in [0.2, 0.25) is 0 Å². The summed E-state index contributed by atoms with van der Waals surface area (Å²) in [6, 6.07) is 12.3. The number of rotatable bonds is 6. The normalized spacial score (nSPS) is 10.0. The van der Waals surface area contributed by atoms with Crippen molar-refractivity contribution in [3.63, 3.8) is 0 Å². The molecule has 0 aliphatic carbocycles. The van der Waals surface area contributed by atoms with Gasteiger partial charge in [-0.05, 0) is 37.3 Å². The number of alkyl carbamates (subject to hydrolysis) is 1. The maximum atomic E-state index is 12.6. The number of hydrogen-bond acceptors (Lipinski definition) is 6. The van der Waals surface area contributed by atoms with Gasteiger partial charge in [0.1, 0.15) is 0 Å². The van der Waals surface area contributed by atoms with Crippen molar-refractivity contribution in [1.82, 2.24) is 5.32 Å². The third-order valence-electron chi connectivity index (χ3n) is 3.35. The van der Waals surface area contributed by atoms with Crippen molar-refractivity contribution in [2.24, 2.45) is 0 Å². The Bertz CT molecular complexity index is 863. The third-order valence-corrected chi connectivity index (χ3v) is 3.60. The summed E-state index contributed by atoms with van der Waals surface area (Å²) < 4.78 is 9.43. The first-order valence-electron chi connectivity index (χ1n) is 7.95. The summed E-state index contributed by atoms with van der Waals surface area (Å²) >= 11 is 5.81. The zero-order valence-corrected chi connectivity index (χ0v) is 15.1. The number of hydrogen-bond donors (Lipinski definition) is 1. The van der Waals surface area contributed by atoms with Gasteiger partial charge in [-0.3, -0.25) is 14.9 Å². The Balaban J connectivity index is 2.09. The lowest BCUT2D eigenvalue weighted by molar-refractivity contribution is -0.123. The molecule has 27 heavy (non-hydrogen) atoms. The van der Waals surface area contributed by atoms with Crippen LogP contribution in [0.5, 0.6) is 0 Å². The minimum Gasteiger partial charge on any atom is -0.452 e. The van der Waals surface area contributed by atoms with Gasteiger partial charge in [-0.2, -0.15) is 0 Å². The molecule has 0 fully saturated rings. The predicted molar refractivity (Wildman–Crippen MR) is 96.8 cm³/mol. The number of ether oxygens (including phenoxy) is 2. The molecule has 2 amide bonds. The van der Waals surface area contributed by atoms with Gasteiger partial charge in [0.15, 0.2) is 12.4 Å². The fourth-order valence-corrected chi connectivity index (χ4v) is 2.27. The van der Waals surface area contributed by atoms with Gasteiger partial charge in [0.25, 0.3) is 5.91 Å². The summed E-state index contributed by atoms with van der Waals surface area (Å²) in [5, 5.41) is 2.38. The van der Waals surface area contributed by atoms with Crippen molar-refractivity contribution in [1.29, 1.82) is 0 Å². The van der Waals surface area contributed by atoms with Crippen molar-refractivity contribution in [3.05, 3.63) is 70.2 Å². The van der Waals surface area contributed by atoms with Crippen LogP contribution in [0.1, 0.15) is 33.2 Å². The molecule has 0 spiro atoms. The number of ketones is 1. The van der Waals surface area contributed by atoms with E-state index in [1.807, 2.05) is 5.32 Å². The van der Waals surface area contributed by atoms with E-state index in [1.54, 1.807) is 43.3 Å². The molecule has 1 N–H and O–H groups in total. The molecule has 0 aliphatic rings. The maximum Gasteiger partial charge on any atom is 0.413 e. The van der Waals surface area contributed by atoms with E-state index in [9.17, 15) is 19.2 Å². The zero-order valence-electron chi connectivity index (χ0n) is 14.4. The van der Waals surface area contributed by atoms with Gasteiger partial charge in [0.05, 0.1) is 12.2 Å². The molecule has 0 bridgehead atoms. The minimum absolute atomic E-state index is 0.00128. The third kappa shape index (κ3) is 5.65. The van der Waals surface area contributed by atoms with E-state index < -0.39 is 30.4 Å². The van der Waals surface area contributed by atoms with E-state index >= 15 is 0 Å². The molecular weight excluding hydrogens is 374 g/mol. The lowest BCUT2D eigenvalue weighted by atomic mass is 9.98. The second-order valence-corrected chi connectivity index (χ2v) is 5.66. The van der Waals surface area contributed by atoms with E-state index in [0.29, 0.717) is 10.6 Å². The first kappa shape index (κ1) is 20.1. The van der Waals surface area contributed by atoms with Crippen LogP contribution < -0.4 is 5.32 Å². The van der Waals surface area contributed by atoms with Crippen molar-refractivity contribution in [3.8, 4) is 0 Å². The molecule has 0 aromatic heterocycles. The molecule has 0 atom stereocenters. The van der Waals surface area contributed by atoms with Crippen molar-refractivity contribution < 1.29 is 28.7 Å². The molecular formula is C19H16ClNO6. The lowest BCUT2D eigenvalue weighted by Crippen LogP contribution is -2.34. The van der Waals surface area contributed by atoms with Crippen LogP contribution >= 0.6 is 11.6 Å². The summed E-state index contributed by atoms with van der Waals surface area (Å²) in [5.41, 5.74) is 0.469. The quantitative estimate of drug-likeness (QED) is 0.602. The number of carbonyl (C=O) groups excluding carboxylic acids is 4. The summed E-state index contributed by atoms with van der Waals surface area (Å²) in [7, 11) is 0. The Kier molecular flexibility index (Phi) is 7.08. The van der Waals surface area contributed by atoms with Crippen molar-refractivity contribution in [2.45, 2.75) is 6.92 Å². The minimum atomic E-state index is -0.933. The average molecular weight is 390 g/mol. The Labute approximate surface area is 160 Å². The van der Waals surface area contributed by atoms with Gasteiger partial charge >= 0.3 is 12.1 Å². The number of imide groups is 1. The topological polar surface area (TPSA) is 98.8 Å². The number of benzene rings is 2. The molecule has 2 aromatic rings. The van der Waals surface area contributed by atoms with Crippen LogP contribution in [-0.4, -0.2) is 37.0 Å². The molecule has 7 nitrogen and oxygen atoms in total. The Morgan fingerprint density at radius 3 is 2.19 bits per heavy atom. The van der Waals surface area contributed by atoms with Crippen LogP contribution in [0.25, 0.3) is 0 Å². The smallest absolute Gasteiger partial charge is 0.413 e. The first-order chi connectivity index (χ1) is 12.9. The van der Waals surface area contributed by atoms with Crippen LogP contribution in [0.4, 0.5) is 4.79 Å². The molecule has 0 saturated heterocycles. The van der Waals surface area contributed by atoms with Gasteiger partial charge in [-0.1, -0.05) is 29.8 Å². The van der Waals surface area contributed by atoms with Crippen LogP contribution in [0.2, 0.25) is 5.02 Å². The highest BCUT2D eigenvalue weighted by Crippen LogP contribution is 2.17. The Morgan fingerprint density at radius 2 is 1.56 bits per heavy atom. The summed E-state index contributed by atoms with van der Waals surface area (Å²) in [4.78, 5) is 47.6. The summed E-state index contributed by atoms with van der Waals surface area (Å²) in [6.07, 6.45) is -0.933. The maximum absolute atomic E-state index is 12.6. The molecule has 8 heteroatoms. The number of carbonyl (C=O) groups is 4. The molecule has 2 rings (SSSR count). The van der Waals surface area contributed by atoms with Crippen LogP contribution in [0.15, 0.2) is 48.5 Å². The lowest BCUT2D eigenvalue weighted by Gasteiger charge is -2.09. The summed E-state index contributed by atoms with van der Waals surface area (Å²) in [6.45, 7) is 0.985. The van der Waals surface area contributed by atoms with Gasteiger partial charge in [-0.25, -0.2) is 9.59 Å². The fraction of sp³-hybridized carbons (Fsp3) is 0.158. The highest BCUT2D eigenvalue weighted by Gasteiger charge is 2.20. The van der Waals surface area contributed by atoms with E-state index in [2.05, 4.69) is 4.74 Å². The van der Waals surface area contributed by atoms with E-state index in [0.717, 1.165) is 0 Å². The fourth-order valence-electron chi connectivity index (χ4n) is 2.14. The van der Waals surface area contributed by atoms with E-state index in [4.69, 9.17) is 16.3 Å². The molecule has 2 aromatic carbocycles. The van der Waals surface area contributed by atoms with Crippen molar-refractivity contribution in [2.75, 3.05) is 13.2 Å². The predicted octanol–water partition coefficient (Wildman–Crippen LogP) is 3.00.